The highest BCUT2D eigenvalue weighted by atomic mass is 19.4. The Labute approximate surface area is 115 Å². The summed E-state index contributed by atoms with van der Waals surface area (Å²) < 4.78 is 42.9. The molecule has 106 valence electrons. The number of hydrogen-bond acceptors (Lipinski definition) is 2. The SMILES string of the molecule is Cc1cccc(N)c1OCc1ccc(C(F)(F)F)cc1. The third-order valence-electron chi connectivity index (χ3n) is 2.91. The molecule has 0 amide bonds. The molecular formula is C15H14F3NO. The lowest BCUT2D eigenvalue weighted by molar-refractivity contribution is -0.137. The van der Waals surface area contributed by atoms with Gasteiger partial charge in [0.15, 0.2) is 0 Å². The third-order valence-corrected chi connectivity index (χ3v) is 2.91. The van der Waals surface area contributed by atoms with Gasteiger partial charge in [0.1, 0.15) is 12.4 Å². The van der Waals surface area contributed by atoms with Crippen LogP contribution < -0.4 is 10.5 Å². The number of rotatable bonds is 3. The van der Waals surface area contributed by atoms with E-state index < -0.39 is 11.7 Å². The van der Waals surface area contributed by atoms with Crippen molar-refractivity contribution in [3.63, 3.8) is 0 Å². The molecule has 0 spiro atoms. The van der Waals surface area contributed by atoms with Gasteiger partial charge >= 0.3 is 6.18 Å². The van der Waals surface area contributed by atoms with E-state index >= 15 is 0 Å². The first kappa shape index (κ1) is 14.2. The van der Waals surface area contributed by atoms with E-state index in [1.807, 2.05) is 19.1 Å². The summed E-state index contributed by atoms with van der Waals surface area (Å²) >= 11 is 0. The summed E-state index contributed by atoms with van der Waals surface area (Å²) in [6.45, 7) is 2.03. The molecule has 0 aliphatic heterocycles. The molecule has 2 nitrogen and oxygen atoms in total. The predicted molar refractivity (Wildman–Crippen MR) is 71.4 cm³/mol. The summed E-state index contributed by atoms with van der Waals surface area (Å²) in [7, 11) is 0. The fourth-order valence-electron chi connectivity index (χ4n) is 1.82. The lowest BCUT2D eigenvalue weighted by Gasteiger charge is -2.12. The predicted octanol–water partition coefficient (Wildman–Crippen LogP) is 4.18. The molecule has 0 aliphatic rings. The zero-order valence-corrected chi connectivity index (χ0v) is 10.9. The number of nitrogens with two attached hydrogens (primary N) is 1. The first-order valence-electron chi connectivity index (χ1n) is 6.02. The Morgan fingerprint density at radius 1 is 1.05 bits per heavy atom. The molecule has 0 unspecified atom stereocenters. The monoisotopic (exact) mass is 281 g/mol. The standard InChI is InChI=1S/C15H14F3NO/c1-10-3-2-4-13(19)14(10)20-9-11-5-7-12(8-6-11)15(16,17)18/h2-8H,9,19H2,1H3. The average molecular weight is 281 g/mol. The van der Waals surface area contributed by atoms with Crippen molar-refractivity contribution in [1.82, 2.24) is 0 Å². The minimum atomic E-state index is -4.32. The van der Waals surface area contributed by atoms with Gasteiger partial charge in [0.25, 0.3) is 0 Å². The molecule has 2 aromatic rings. The second kappa shape index (κ2) is 5.45. The van der Waals surface area contributed by atoms with Crippen molar-refractivity contribution in [3.05, 3.63) is 59.2 Å². The number of nitrogen functional groups attached to an aromatic ring is 1. The largest absolute Gasteiger partial charge is 0.486 e. The summed E-state index contributed by atoms with van der Waals surface area (Å²) in [5.74, 6) is 0.562. The van der Waals surface area contributed by atoms with Crippen LogP contribution in [0.5, 0.6) is 5.75 Å². The summed E-state index contributed by atoms with van der Waals surface area (Å²) in [6, 6.07) is 10.3. The second-order valence-corrected chi connectivity index (χ2v) is 4.48. The van der Waals surface area contributed by atoms with Crippen molar-refractivity contribution in [3.8, 4) is 5.75 Å². The van der Waals surface area contributed by atoms with Gasteiger partial charge in [-0.2, -0.15) is 13.2 Å². The summed E-state index contributed by atoms with van der Waals surface area (Å²) in [6.07, 6.45) is -4.32. The Bertz CT molecular complexity index is 571. The number of hydrogen-bond donors (Lipinski definition) is 1. The van der Waals surface area contributed by atoms with E-state index in [2.05, 4.69) is 0 Å². The lowest BCUT2D eigenvalue weighted by Crippen LogP contribution is -2.05. The van der Waals surface area contributed by atoms with E-state index in [0.717, 1.165) is 17.7 Å². The number of aryl methyl sites for hydroxylation is 1. The normalized spacial score (nSPS) is 11.4. The molecule has 0 aliphatic carbocycles. The Balaban J connectivity index is 2.08. The van der Waals surface area contributed by atoms with Gasteiger partial charge in [0.05, 0.1) is 11.3 Å². The zero-order chi connectivity index (χ0) is 14.8. The van der Waals surface area contributed by atoms with Crippen LogP contribution >= 0.6 is 0 Å². The highest BCUT2D eigenvalue weighted by molar-refractivity contribution is 5.56. The van der Waals surface area contributed by atoms with Crippen molar-refractivity contribution in [1.29, 1.82) is 0 Å². The van der Waals surface area contributed by atoms with Gasteiger partial charge in [-0.05, 0) is 36.2 Å². The molecule has 0 radical (unpaired) electrons. The Kier molecular flexibility index (Phi) is 3.88. The fraction of sp³-hybridized carbons (Fsp3) is 0.200. The first-order chi connectivity index (χ1) is 9.38. The summed E-state index contributed by atoms with van der Waals surface area (Å²) in [5, 5.41) is 0. The van der Waals surface area contributed by atoms with Gasteiger partial charge in [0.2, 0.25) is 0 Å². The van der Waals surface area contributed by atoms with Crippen LogP contribution in [0.4, 0.5) is 18.9 Å². The van der Waals surface area contributed by atoms with Crippen LogP contribution in [-0.2, 0) is 12.8 Å². The fourth-order valence-corrected chi connectivity index (χ4v) is 1.82. The molecule has 5 heteroatoms. The van der Waals surface area contributed by atoms with E-state index in [9.17, 15) is 13.2 Å². The lowest BCUT2D eigenvalue weighted by atomic mass is 10.1. The van der Waals surface area contributed by atoms with Crippen molar-refractivity contribution < 1.29 is 17.9 Å². The second-order valence-electron chi connectivity index (χ2n) is 4.48. The molecule has 0 fully saturated rings. The molecule has 0 bridgehead atoms. The van der Waals surface area contributed by atoms with Crippen molar-refractivity contribution in [2.75, 3.05) is 5.73 Å². The Morgan fingerprint density at radius 2 is 1.70 bits per heavy atom. The number of anilines is 1. The number of alkyl halides is 3. The quantitative estimate of drug-likeness (QED) is 0.857. The number of halogens is 3. The van der Waals surface area contributed by atoms with Gasteiger partial charge in [-0.3, -0.25) is 0 Å². The smallest absolute Gasteiger partial charge is 0.416 e. The molecule has 0 saturated heterocycles. The molecule has 2 rings (SSSR count). The van der Waals surface area contributed by atoms with E-state index in [0.29, 0.717) is 17.0 Å². The van der Waals surface area contributed by atoms with Gasteiger partial charge < -0.3 is 10.5 Å². The van der Waals surface area contributed by atoms with Gasteiger partial charge in [0, 0.05) is 0 Å². The first-order valence-corrected chi connectivity index (χ1v) is 6.02. The average Bonchev–Trinajstić information content (AvgIpc) is 2.37. The highest BCUT2D eigenvalue weighted by Crippen LogP contribution is 2.30. The molecule has 0 aromatic heterocycles. The van der Waals surface area contributed by atoms with E-state index in [4.69, 9.17) is 10.5 Å². The van der Waals surface area contributed by atoms with E-state index in [1.54, 1.807) is 6.07 Å². The van der Waals surface area contributed by atoms with Crippen LogP contribution in [0.1, 0.15) is 16.7 Å². The molecule has 0 saturated carbocycles. The highest BCUT2D eigenvalue weighted by Gasteiger charge is 2.29. The molecular weight excluding hydrogens is 267 g/mol. The molecule has 2 N–H and O–H groups in total. The maximum Gasteiger partial charge on any atom is 0.416 e. The van der Waals surface area contributed by atoms with Crippen LogP contribution in [0.15, 0.2) is 42.5 Å². The summed E-state index contributed by atoms with van der Waals surface area (Å²) in [4.78, 5) is 0. The Hall–Kier alpha value is -2.17. The van der Waals surface area contributed by atoms with Gasteiger partial charge in [-0.25, -0.2) is 0 Å². The van der Waals surface area contributed by atoms with Gasteiger partial charge in [-0.1, -0.05) is 24.3 Å². The van der Waals surface area contributed by atoms with Crippen LogP contribution in [0, 0.1) is 6.92 Å². The Morgan fingerprint density at radius 3 is 2.25 bits per heavy atom. The summed E-state index contributed by atoms with van der Waals surface area (Å²) in [5.41, 5.74) is 7.17. The topological polar surface area (TPSA) is 35.2 Å². The zero-order valence-electron chi connectivity index (χ0n) is 10.9. The van der Waals surface area contributed by atoms with Crippen LogP contribution in [-0.4, -0.2) is 0 Å². The van der Waals surface area contributed by atoms with E-state index in [-0.39, 0.29) is 6.61 Å². The van der Waals surface area contributed by atoms with Crippen molar-refractivity contribution in [2.24, 2.45) is 0 Å². The molecule has 0 atom stereocenters. The molecule has 20 heavy (non-hydrogen) atoms. The molecule has 0 heterocycles. The maximum atomic E-state index is 12.4. The van der Waals surface area contributed by atoms with Crippen molar-refractivity contribution in [2.45, 2.75) is 19.7 Å². The number of para-hydroxylation sites is 1. The maximum absolute atomic E-state index is 12.4. The number of ether oxygens (including phenoxy) is 1. The van der Waals surface area contributed by atoms with E-state index in [1.165, 1.54) is 12.1 Å². The van der Waals surface area contributed by atoms with Crippen LogP contribution in [0.25, 0.3) is 0 Å². The van der Waals surface area contributed by atoms with Crippen LogP contribution in [0.3, 0.4) is 0 Å². The molecule has 2 aromatic carbocycles. The minimum Gasteiger partial charge on any atom is -0.486 e. The minimum absolute atomic E-state index is 0.174. The third kappa shape index (κ3) is 3.23. The number of benzene rings is 2. The van der Waals surface area contributed by atoms with Gasteiger partial charge in [-0.15, -0.1) is 0 Å². The van der Waals surface area contributed by atoms with Crippen LogP contribution in [0.2, 0.25) is 0 Å². The van der Waals surface area contributed by atoms with Crippen molar-refractivity contribution >= 4 is 5.69 Å².